The van der Waals surface area contributed by atoms with Gasteiger partial charge in [-0.1, -0.05) is 11.6 Å². The van der Waals surface area contributed by atoms with Gasteiger partial charge in [-0.25, -0.2) is 4.79 Å². The van der Waals surface area contributed by atoms with E-state index in [9.17, 15) is 14.7 Å². The molecular formula is C14H18ClN3O3. The van der Waals surface area contributed by atoms with Gasteiger partial charge in [0.1, 0.15) is 0 Å². The van der Waals surface area contributed by atoms with Crippen molar-refractivity contribution in [2.75, 3.05) is 25.0 Å². The van der Waals surface area contributed by atoms with Crippen LogP contribution >= 0.6 is 11.6 Å². The summed E-state index contributed by atoms with van der Waals surface area (Å²) >= 11 is 5.94. The Balaban J connectivity index is 2.02. The Hall–Kier alpha value is -1.79. The molecule has 1 saturated heterocycles. The Labute approximate surface area is 127 Å². The van der Waals surface area contributed by atoms with Crippen molar-refractivity contribution < 1.29 is 14.7 Å². The van der Waals surface area contributed by atoms with Crippen molar-refractivity contribution in [2.45, 2.75) is 12.8 Å². The van der Waals surface area contributed by atoms with Crippen LogP contribution in [0, 0.1) is 5.92 Å². The molecule has 2 rings (SSSR count). The number of benzene rings is 1. The van der Waals surface area contributed by atoms with Gasteiger partial charge >= 0.3 is 6.03 Å². The van der Waals surface area contributed by atoms with Crippen LogP contribution in [0.3, 0.4) is 0 Å². The van der Waals surface area contributed by atoms with Gasteiger partial charge in [0.25, 0.3) is 0 Å². The van der Waals surface area contributed by atoms with Crippen LogP contribution in [-0.4, -0.2) is 41.6 Å². The highest BCUT2D eigenvalue weighted by Gasteiger charge is 2.23. The number of likely N-dealkylation sites (tertiary alicyclic amines) is 1. The van der Waals surface area contributed by atoms with E-state index < -0.39 is 5.91 Å². The number of amides is 3. The molecule has 1 fully saturated rings. The minimum atomic E-state index is -0.611. The maximum absolute atomic E-state index is 12.2. The van der Waals surface area contributed by atoms with E-state index in [4.69, 9.17) is 17.3 Å². The predicted octanol–water partition coefficient (Wildman–Crippen LogP) is 1.68. The average molecular weight is 312 g/mol. The molecule has 0 radical (unpaired) electrons. The van der Waals surface area contributed by atoms with E-state index in [2.05, 4.69) is 5.32 Å². The largest absolute Gasteiger partial charge is 0.396 e. The summed E-state index contributed by atoms with van der Waals surface area (Å²) in [5.41, 5.74) is 5.89. The number of nitrogens with zero attached hydrogens (tertiary/aromatic N) is 1. The van der Waals surface area contributed by atoms with Gasteiger partial charge < -0.3 is 21.1 Å². The van der Waals surface area contributed by atoms with Crippen molar-refractivity contribution in [1.29, 1.82) is 0 Å². The second kappa shape index (κ2) is 6.78. The standard InChI is InChI=1S/C14H18ClN3O3/c15-12-6-10(3-4-11(12)13(16)20)17-14(21)18-5-1-2-9(7-18)8-19/h3-4,6,9,19H,1-2,5,7-8H2,(H2,16,20)(H,17,21). The van der Waals surface area contributed by atoms with E-state index in [1.54, 1.807) is 11.0 Å². The Kier molecular flexibility index (Phi) is 5.03. The third-order valence-corrected chi connectivity index (χ3v) is 3.86. The van der Waals surface area contributed by atoms with Crippen molar-refractivity contribution in [1.82, 2.24) is 4.90 Å². The first-order valence-corrected chi connectivity index (χ1v) is 7.15. The summed E-state index contributed by atoms with van der Waals surface area (Å²) in [6, 6.07) is 4.31. The fraction of sp³-hybridized carbons (Fsp3) is 0.429. The zero-order chi connectivity index (χ0) is 15.4. The lowest BCUT2D eigenvalue weighted by molar-refractivity contribution is 0.100. The highest BCUT2D eigenvalue weighted by molar-refractivity contribution is 6.34. The number of aliphatic hydroxyl groups is 1. The third-order valence-electron chi connectivity index (χ3n) is 3.55. The van der Waals surface area contributed by atoms with E-state index in [0.29, 0.717) is 18.8 Å². The van der Waals surface area contributed by atoms with Crippen molar-refractivity contribution in [3.8, 4) is 0 Å². The number of primary amides is 1. The Morgan fingerprint density at radius 1 is 1.48 bits per heavy atom. The van der Waals surface area contributed by atoms with Crippen LogP contribution in [0.25, 0.3) is 0 Å². The van der Waals surface area contributed by atoms with Crippen LogP contribution in [0.15, 0.2) is 18.2 Å². The predicted molar refractivity (Wildman–Crippen MR) is 80.4 cm³/mol. The molecule has 3 amide bonds. The van der Waals surface area contributed by atoms with E-state index in [-0.39, 0.29) is 29.1 Å². The van der Waals surface area contributed by atoms with Crippen molar-refractivity contribution in [2.24, 2.45) is 11.7 Å². The molecule has 1 aromatic rings. The average Bonchev–Trinajstić information content (AvgIpc) is 2.47. The van der Waals surface area contributed by atoms with Gasteiger partial charge in [0.05, 0.1) is 10.6 Å². The van der Waals surface area contributed by atoms with Gasteiger partial charge in [-0.3, -0.25) is 4.79 Å². The maximum Gasteiger partial charge on any atom is 0.321 e. The third kappa shape index (κ3) is 3.86. The normalized spacial score (nSPS) is 18.4. The highest BCUT2D eigenvalue weighted by atomic mass is 35.5. The van der Waals surface area contributed by atoms with Crippen LogP contribution in [-0.2, 0) is 0 Å². The zero-order valence-corrected chi connectivity index (χ0v) is 12.3. The molecule has 7 heteroatoms. The molecule has 0 bridgehead atoms. The number of nitrogens with two attached hydrogens (primary N) is 1. The fourth-order valence-corrected chi connectivity index (χ4v) is 2.67. The number of rotatable bonds is 3. The van der Waals surface area contributed by atoms with E-state index in [1.165, 1.54) is 12.1 Å². The number of hydrogen-bond acceptors (Lipinski definition) is 3. The maximum atomic E-state index is 12.2. The van der Waals surface area contributed by atoms with Crippen LogP contribution in [0.5, 0.6) is 0 Å². The molecule has 4 N–H and O–H groups in total. The minimum Gasteiger partial charge on any atom is -0.396 e. The molecule has 1 aromatic carbocycles. The number of carbonyl (C=O) groups excluding carboxylic acids is 2. The molecule has 114 valence electrons. The molecule has 1 aliphatic heterocycles. The summed E-state index contributed by atoms with van der Waals surface area (Å²) in [5.74, 6) is -0.481. The number of halogens is 1. The van der Waals surface area contributed by atoms with Gasteiger partial charge in [0.15, 0.2) is 0 Å². The van der Waals surface area contributed by atoms with Gasteiger partial charge in [-0.15, -0.1) is 0 Å². The van der Waals surface area contributed by atoms with E-state index >= 15 is 0 Å². The molecule has 1 atom stereocenters. The number of aliphatic hydroxyl groups excluding tert-OH is 1. The molecule has 0 saturated carbocycles. The van der Waals surface area contributed by atoms with Crippen LogP contribution in [0.4, 0.5) is 10.5 Å². The molecule has 0 spiro atoms. The number of nitrogens with one attached hydrogen (secondary N) is 1. The second-order valence-electron chi connectivity index (χ2n) is 5.13. The Bertz CT molecular complexity index is 550. The first-order chi connectivity index (χ1) is 10.0. The summed E-state index contributed by atoms with van der Waals surface area (Å²) in [4.78, 5) is 24.9. The summed E-state index contributed by atoms with van der Waals surface area (Å²) < 4.78 is 0. The lowest BCUT2D eigenvalue weighted by Crippen LogP contribution is -2.43. The summed E-state index contributed by atoms with van der Waals surface area (Å²) in [6.07, 6.45) is 1.80. The van der Waals surface area contributed by atoms with Crippen LogP contribution < -0.4 is 11.1 Å². The molecule has 6 nitrogen and oxygen atoms in total. The topological polar surface area (TPSA) is 95.7 Å². The van der Waals surface area contributed by atoms with Gasteiger partial charge in [0.2, 0.25) is 5.91 Å². The van der Waals surface area contributed by atoms with Crippen LogP contribution in [0.1, 0.15) is 23.2 Å². The molecule has 1 aliphatic rings. The first kappa shape index (κ1) is 15.6. The molecule has 1 unspecified atom stereocenters. The molecular weight excluding hydrogens is 294 g/mol. The first-order valence-electron chi connectivity index (χ1n) is 6.77. The monoisotopic (exact) mass is 311 g/mol. The molecule has 21 heavy (non-hydrogen) atoms. The number of carbonyl (C=O) groups is 2. The van der Waals surface area contributed by atoms with Crippen molar-refractivity contribution in [3.05, 3.63) is 28.8 Å². The summed E-state index contributed by atoms with van der Waals surface area (Å²) in [6.45, 7) is 1.29. The molecule has 1 heterocycles. The number of hydrogen-bond donors (Lipinski definition) is 3. The Morgan fingerprint density at radius 3 is 2.86 bits per heavy atom. The van der Waals surface area contributed by atoms with Crippen molar-refractivity contribution >= 4 is 29.2 Å². The van der Waals surface area contributed by atoms with E-state index in [0.717, 1.165) is 12.8 Å². The smallest absolute Gasteiger partial charge is 0.321 e. The number of urea groups is 1. The summed E-state index contributed by atoms with van der Waals surface area (Å²) in [7, 11) is 0. The minimum absolute atomic E-state index is 0.0862. The highest BCUT2D eigenvalue weighted by Crippen LogP contribution is 2.22. The number of anilines is 1. The SMILES string of the molecule is NC(=O)c1ccc(NC(=O)N2CCCC(CO)C2)cc1Cl. The number of piperidine rings is 1. The van der Waals surface area contributed by atoms with E-state index in [1.807, 2.05) is 0 Å². The molecule has 0 aromatic heterocycles. The lowest BCUT2D eigenvalue weighted by atomic mass is 9.99. The van der Waals surface area contributed by atoms with Gasteiger partial charge in [-0.2, -0.15) is 0 Å². The van der Waals surface area contributed by atoms with Crippen LogP contribution in [0.2, 0.25) is 5.02 Å². The molecule has 0 aliphatic carbocycles. The Morgan fingerprint density at radius 2 is 2.24 bits per heavy atom. The zero-order valence-electron chi connectivity index (χ0n) is 11.5. The quantitative estimate of drug-likeness (QED) is 0.792. The fourth-order valence-electron chi connectivity index (χ4n) is 2.39. The second-order valence-corrected chi connectivity index (χ2v) is 5.53. The lowest BCUT2D eigenvalue weighted by Gasteiger charge is -2.31. The van der Waals surface area contributed by atoms with Gasteiger partial charge in [0, 0.05) is 25.4 Å². The van der Waals surface area contributed by atoms with Crippen molar-refractivity contribution in [3.63, 3.8) is 0 Å². The van der Waals surface area contributed by atoms with Gasteiger partial charge in [-0.05, 0) is 37.0 Å². The summed E-state index contributed by atoms with van der Waals surface area (Å²) in [5, 5.41) is 12.1.